The van der Waals surface area contributed by atoms with Crippen molar-refractivity contribution in [3.63, 3.8) is 0 Å². The van der Waals surface area contributed by atoms with Crippen molar-refractivity contribution in [3.8, 4) is 5.88 Å². The van der Waals surface area contributed by atoms with Crippen molar-refractivity contribution in [1.82, 2.24) is 10.2 Å². The largest absolute Gasteiger partial charge is 0.443 e. The van der Waals surface area contributed by atoms with Gasteiger partial charge in [-0.2, -0.15) is 0 Å². The molecule has 0 radical (unpaired) electrons. The number of aliphatic hydroxyl groups excluding tert-OH is 4. The molecular formula is C21H24N2O6. The van der Waals surface area contributed by atoms with E-state index in [-0.39, 0.29) is 5.88 Å². The van der Waals surface area contributed by atoms with Gasteiger partial charge in [-0.3, -0.25) is 5.10 Å². The van der Waals surface area contributed by atoms with Crippen molar-refractivity contribution in [2.24, 2.45) is 0 Å². The zero-order valence-corrected chi connectivity index (χ0v) is 15.7. The van der Waals surface area contributed by atoms with Crippen molar-refractivity contribution in [2.75, 3.05) is 6.61 Å². The lowest BCUT2D eigenvalue weighted by molar-refractivity contribution is -0.277. The Hall–Kier alpha value is -2.49. The Morgan fingerprint density at radius 3 is 2.48 bits per heavy atom. The Morgan fingerprint density at radius 2 is 1.72 bits per heavy atom. The first-order valence-electron chi connectivity index (χ1n) is 9.55. The second-order valence-corrected chi connectivity index (χ2v) is 7.17. The molecule has 0 unspecified atom stereocenters. The van der Waals surface area contributed by atoms with Crippen molar-refractivity contribution < 1.29 is 29.9 Å². The number of fused-ring (bicyclic) bond motifs is 1. The summed E-state index contributed by atoms with van der Waals surface area (Å²) in [6.45, 7) is -0.519. The van der Waals surface area contributed by atoms with Gasteiger partial charge in [0.15, 0.2) is 0 Å². The minimum absolute atomic E-state index is 0.230. The molecule has 0 bridgehead atoms. The highest BCUT2D eigenvalue weighted by molar-refractivity contribution is 5.87. The van der Waals surface area contributed by atoms with E-state index in [0.29, 0.717) is 0 Å². The van der Waals surface area contributed by atoms with Crippen LogP contribution in [-0.2, 0) is 17.6 Å². The first kappa shape index (κ1) is 19.8. The van der Waals surface area contributed by atoms with E-state index in [9.17, 15) is 20.4 Å². The van der Waals surface area contributed by atoms with Crippen LogP contribution in [0.1, 0.15) is 11.1 Å². The number of rotatable bonds is 6. The maximum absolute atomic E-state index is 10.2. The maximum Gasteiger partial charge on any atom is 0.243 e. The van der Waals surface area contributed by atoms with Crippen molar-refractivity contribution in [3.05, 3.63) is 59.7 Å². The summed E-state index contributed by atoms with van der Waals surface area (Å²) >= 11 is 0. The van der Waals surface area contributed by atoms with Gasteiger partial charge in [0.05, 0.1) is 17.5 Å². The number of aromatic amines is 1. The topological polar surface area (TPSA) is 128 Å². The summed E-state index contributed by atoms with van der Waals surface area (Å²) in [7, 11) is 0. The molecule has 3 aromatic rings. The lowest BCUT2D eigenvalue weighted by Crippen LogP contribution is -2.60. The smallest absolute Gasteiger partial charge is 0.243 e. The molecule has 5 N–H and O–H groups in total. The van der Waals surface area contributed by atoms with Gasteiger partial charge in [0, 0.05) is 0 Å². The van der Waals surface area contributed by atoms with Crippen molar-refractivity contribution in [1.29, 1.82) is 0 Å². The van der Waals surface area contributed by atoms with Crippen LogP contribution in [-0.4, -0.2) is 67.9 Å². The Kier molecular flexibility index (Phi) is 5.79. The number of aryl methyl sites for hydroxylation is 2. The van der Waals surface area contributed by atoms with Crippen LogP contribution in [0.3, 0.4) is 0 Å². The van der Waals surface area contributed by atoms with Crippen LogP contribution in [0.25, 0.3) is 10.9 Å². The molecular weight excluding hydrogens is 376 g/mol. The molecule has 29 heavy (non-hydrogen) atoms. The predicted octanol–water partition coefficient (Wildman–Crippen LogP) is 0.527. The Morgan fingerprint density at radius 1 is 0.931 bits per heavy atom. The molecule has 1 aliphatic rings. The normalized spacial score (nSPS) is 27.2. The van der Waals surface area contributed by atoms with E-state index < -0.39 is 37.3 Å². The van der Waals surface area contributed by atoms with Crippen LogP contribution >= 0.6 is 0 Å². The number of aliphatic hydroxyl groups is 4. The molecule has 4 rings (SSSR count). The molecule has 2 heterocycles. The maximum atomic E-state index is 10.2. The van der Waals surface area contributed by atoms with Crippen LogP contribution < -0.4 is 4.74 Å². The number of nitrogens with zero attached hydrogens (tertiary/aromatic N) is 1. The van der Waals surface area contributed by atoms with Gasteiger partial charge in [0.2, 0.25) is 12.2 Å². The highest BCUT2D eigenvalue weighted by Gasteiger charge is 2.45. The van der Waals surface area contributed by atoms with Gasteiger partial charge in [-0.05, 0) is 30.0 Å². The average Bonchev–Trinajstić information content (AvgIpc) is 3.17. The quantitative estimate of drug-likeness (QED) is 0.408. The van der Waals surface area contributed by atoms with Gasteiger partial charge in [-0.15, -0.1) is 5.10 Å². The number of hydrogen-bond donors (Lipinski definition) is 5. The summed E-state index contributed by atoms with van der Waals surface area (Å²) in [6, 6.07) is 15.9. The van der Waals surface area contributed by atoms with E-state index in [1.165, 1.54) is 5.56 Å². The third kappa shape index (κ3) is 3.98. The lowest BCUT2D eigenvalue weighted by atomic mass is 9.99. The summed E-state index contributed by atoms with van der Waals surface area (Å²) in [5.41, 5.74) is 3.00. The number of nitrogens with one attached hydrogen (secondary N) is 1. The second-order valence-electron chi connectivity index (χ2n) is 7.17. The summed E-state index contributed by atoms with van der Waals surface area (Å²) in [6.07, 6.45) is -5.16. The molecule has 0 spiro atoms. The van der Waals surface area contributed by atoms with E-state index in [4.69, 9.17) is 9.47 Å². The number of hydrogen-bond acceptors (Lipinski definition) is 7. The summed E-state index contributed by atoms with van der Waals surface area (Å²) in [4.78, 5) is 0. The minimum atomic E-state index is -1.51. The van der Waals surface area contributed by atoms with E-state index in [1.54, 1.807) is 0 Å². The SMILES string of the molecule is OC[C@H]1O[C@@H](Oc2n[nH]c3cccc(CCc4ccccc4)c23)[C@H](O)[C@@H](O)[C@@H]1O. The Bertz CT molecular complexity index is 945. The van der Waals surface area contributed by atoms with Gasteiger partial charge < -0.3 is 29.9 Å². The third-order valence-electron chi connectivity index (χ3n) is 5.24. The molecule has 5 atom stereocenters. The number of ether oxygens (including phenoxy) is 2. The summed E-state index contributed by atoms with van der Waals surface area (Å²) in [5, 5.41) is 47.3. The second kappa shape index (κ2) is 8.48. The lowest BCUT2D eigenvalue weighted by Gasteiger charge is -2.39. The standard InChI is InChI=1S/C21H24N2O6/c24-11-15-17(25)18(26)19(27)21(28-15)29-20-16-13(7-4-8-14(16)22-23-20)10-9-12-5-2-1-3-6-12/h1-8,15,17-19,21,24-27H,9-11H2,(H,22,23)/t15-,17-,18+,19-,21+/m1/s1. The molecule has 2 aromatic carbocycles. The fourth-order valence-corrected chi connectivity index (χ4v) is 3.60. The summed E-state index contributed by atoms with van der Waals surface area (Å²) in [5.74, 6) is 0.230. The monoisotopic (exact) mass is 400 g/mol. The first-order chi connectivity index (χ1) is 14.1. The molecule has 8 nitrogen and oxygen atoms in total. The molecule has 1 aliphatic heterocycles. The van der Waals surface area contributed by atoms with Crippen molar-refractivity contribution in [2.45, 2.75) is 43.5 Å². The fraction of sp³-hybridized carbons (Fsp3) is 0.381. The molecule has 1 aromatic heterocycles. The first-order valence-corrected chi connectivity index (χ1v) is 9.55. The predicted molar refractivity (Wildman–Crippen MR) is 104 cm³/mol. The van der Waals surface area contributed by atoms with Crippen LogP contribution in [0.4, 0.5) is 0 Å². The number of H-pyrrole nitrogens is 1. The number of aromatic nitrogens is 2. The van der Waals surface area contributed by atoms with Crippen LogP contribution in [0.5, 0.6) is 5.88 Å². The van der Waals surface area contributed by atoms with E-state index in [1.807, 2.05) is 36.4 Å². The van der Waals surface area contributed by atoms with E-state index >= 15 is 0 Å². The summed E-state index contributed by atoms with van der Waals surface area (Å²) < 4.78 is 11.2. The zero-order chi connectivity index (χ0) is 20.4. The highest BCUT2D eigenvalue weighted by Crippen LogP contribution is 2.31. The molecule has 0 aliphatic carbocycles. The van der Waals surface area contributed by atoms with Gasteiger partial charge in [0.25, 0.3) is 0 Å². The molecule has 1 fully saturated rings. The molecule has 0 amide bonds. The van der Waals surface area contributed by atoms with Crippen molar-refractivity contribution >= 4 is 10.9 Å². The minimum Gasteiger partial charge on any atom is -0.443 e. The van der Waals surface area contributed by atoms with Gasteiger partial charge in [-0.25, -0.2) is 0 Å². The van der Waals surface area contributed by atoms with E-state index in [2.05, 4.69) is 22.3 Å². The highest BCUT2D eigenvalue weighted by atomic mass is 16.7. The average molecular weight is 400 g/mol. The third-order valence-corrected chi connectivity index (χ3v) is 5.24. The molecule has 8 heteroatoms. The van der Waals surface area contributed by atoms with Gasteiger partial charge >= 0.3 is 0 Å². The van der Waals surface area contributed by atoms with Gasteiger partial charge in [0.1, 0.15) is 24.4 Å². The Balaban J connectivity index is 1.58. The van der Waals surface area contributed by atoms with E-state index in [0.717, 1.165) is 29.3 Å². The molecule has 0 saturated carbocycles. The number of benzene rings is 2. The Labute approximate surface area is 167 Å². The molecule has 154 valence electrons. The van der Waals surface area contributed by atoms with Crippen LogP contribution in [0, 0.1) is 0 Å². The zero-order valence-electron chi connectivity index (χ0n) is 15.7. The van der Waals surface area contributed by atoms with Gasteiger partial charge in [-0.1, -0.05) is 42.5 Å². The van der Waals surface area contributed by atoms with Crippen LogP contribution in [0.2, 0.25) is 0 Å². The van der Waals surface area contributed by atoms with Crippen LogP contribution in [0.15, 0.2) is 48.5 Å². The fourth-order valence-electron chi connectivity index (χ4n) is 3.60. The molecule has 1 saturated heterocycles.